The summed E-state index contributed by atoms with van der Waals surface area (Å²) in [6.45, 7) is 6.10. The predicted octanol–water partition coefficient (Wildman–Crippen LogP) is 2.54. The number of para-hydroxylation sites is 1. The Kier molecular flexibility index (Phi) is 8.07. The van der Waals surface area contributed by atoms with E-state index in [9.17, 15) is 25.1 Å². The smallest absolute Gasteiger partial charge is 0.394 e. The summed E-state index contributed by atoms with van der Waals surface area (Å²) in [5.41, 5.74) is 5.66. The van der Waals surface area contributed by atoms with E-state index in [1.807, 2.05) is 43.3 Å². The van der Waals surface area contributed by atoms with E-state index in [1.54, 1.807) is 10.7 Å². The molecule has 0 saturated carbocycles. The molecule has 2 aliphatic rings. The quantitative estimate of drug-likeness (QED) is 0.439. The highest BCUT2D eigenvalue weighted by atomic mass is 35.5. The van der Waals surface area contributed by atoms with Gasteiger partial charge in [-0.05, 0) is 36.8 Å². The lowest BCUT2D eigenvalue weighted by Gasteiger charge is -2.37. The topological polar surface area (TPSA) is 126 Å². The highest BCUT2D eigenvalue weighted by molar-refractivity contribution is 6.31. The first-order valence-electron chi connectivity index (χ1n) is 13.3. The molecule has 1 saturated heterocycles. The number of carboxylic acid groups (broad SMARTS) is 1. The van der Waals surface area contributed by atoms with Gasteiger partial charge in [0.1, 0.15) is 6.07 Å². The normalized spacial score (nSPS) is 16.4. The molecule has 2 N–H and O–H groups in total. The van der Waals surface area contributed by atoms with Crippen molar-refractivity contribution in [1.82, 2.24) is 19.6 Å². The number of carbonyl (C=O) groups excluding carboxylic acids is 1. The molecule has 2 aromatic carbocycles. The molecular weight excluding hydrogens is 532 g/mol. The molecule has 1 aromatic heterocycles. The number of halogens is 1. The summed E-state index contributed by atoms with van der Waals surface area (Å²) >= 11 is 6.24. The van der Waals surface area contributed by atoms with Crippen LogP contribution in [0.25, 0.3) is 11.3 Å². The number of aliphatic hydroxyl groups is 1. The molecule has 1 unspecified atom stereocenters. The minimum atomic E-state index is -1.48. The molecule has 11 heteroatoms. The van der Waals surface area contributed by atoms with E-state index in [2.05, 4.69) is 15.9 Å². The first-order valence-corrected chi connectivity index (χ1v) is 13.6. The Morgan fingerprint density at radius 2 is 1.85 bits per heavy atom. The van der Waals surface area contributed by atoms with Crippen molar-refractivity contribution in [2.45, 2.75) is 32.5 Å². The van der Waals surface area contributed by atoms with Gasteiger partial charge in [-0.1, -0.05) is 29.8 Å². The number of aryl methyl sites for hydroxylation is 1. The summed E-state index contributed by atoms with van der Waals surface area (Å²) < 4.78 is 1.81. The van der Waals surface area contributed by atoms with E-state index >= 15 is 0 Å². The molecule has 0 spiro atoms. The van der Waals surface area contributed by atoms with E-state index < -0.39 is 18.0 Å². The van der Waals surface area contributed by atoms with Crippen molar-refractivity contribution < 1.29 is 19.8 Å². The lowest BCUT2D eigenvalue weighted by atomic mass is 9.99. The molecular formula is C29H31ClN6O4. The maximum Gasteiger partial charge on any atom is 0.394 e. The van der Waals surface area contributed by atoms with E-state index in [0.29, 0.717) is 29.2 Å². The van der Waals surface area contributed by atoms with Crippen LogP contribution in [-0.2, 0) is 29.1 Å². The van der Waals surface area contributed by atoms with Gasteiger partial charge in [0, 0.05) is 67.5 Å². The van der Waals surface area contributed by atoms with E-state index in [0.717, 1.165) is 54.3 Å². The summed E-state index contributed by atoms with van der Waals surface area (Å²) in [6.07, 6.45) is -0.238. The van der Waals surface area contributed by atoms with Crippen LogP contribution in [0.5, 0.6) is 0 Å². The molecule has 0 radical (unpaired) electrons. The van der Waals surface area contributed by atoms with Gasteiger partial charge in [0.25, 0.3) is 0 Å². The first-order chi connectivity index (χ1) is 19.2. The summed E-state index contributed by atoms with van der Waals surface area (Å²) in [6, 6.07) is 15.4. The third kappa shape index (κ3) is 5.68. The second-order valence-electron chi connectivity index (χ2n) is 10.3. The van der Waals surface area contributed by atoms with Gasteiger partial charge in [0.15, 0.2) is 0 Å². The number of benzene rings is 2. The minimum Gasteiger partial charge on any atom is -0.474 e. The number of rotatable bonds is 6. The van der Waals surface area contributed by atoms with Crippen molar-refractivity contribution in [1.29, 1.82) is 5.26 Å². The molecule has 2 aliphatic heterocycles. The Labute approximate surface area is 237 Å². The second kappa shape index (κ2) is 11.7. The van der Waals surface area contributed by atoms with Gasteiger partial charge in [0.05, 0.1) is 36.1 Å². The monoisotopic (exact) mass is 562 g/mol. The number of hydrogen-bond acceptors (Lipinski definition) is 7. The number of carbonyl (C=O) groups is 2. The number of aliphatic hydroxyl groups excluding tert-OH is 1. The van der Waals surface area contributed by atoms with Crippen molar-refractivity contribution in [2.75, 3.05) is 44.2 Å². The number of carboxylic acids is 1. The van der Waals surface area contributed by atoms with Gasteiger partial charge in [-0.15, -0.1) is 0 Å². The summed E-state index contributed by atoms with van der Waals surface area (Å²) in [5.74, 6) is -2.42. The maximum atomic E-state index is 12.2. The number of amides is 1. The van der Waals surface area contributed by atoms with Gasteiger partial charge in [0.2, 0.25) is 0 Å². The second-order valence-corrected chi connectivity index (χ2v) is 10.7. The number of hydrogen-bond donors (Lipinski definition) is 2. The van der Waals surface area contributed by atoms with Crippen LogP contribution in [-0.4, -0.2) is 87.0 Å². The first kappa shape index (κ1) is 27.6. The molecule has 3 aromatic rings. The van der Waals surface area contributed by atoms with Crippen LogP contribution in [0.4, 0.5) is 5.69 Å². The molecule has 0 bridgehead atoms. The van der Waals surface area contributed by atoms with Crippen LogP contribution in [0.3, 0.4) is 0 Å². The van der Waals surface area contributed by atoms with Gasteiger partial charge >= 0.3 is 11.9 Å². The zero-order valence-electron chi connectivity index (χ0n) is 22.3. The molecule has 40 heavy (non-hydrogen) atoms. The fraction of sp³-hybridized carbons (Fsp3) is 0.379. The fourth-order valence-corrected chi connectivity index (χ4v) is 5.66. The van der Waals surface area contributed by atoms with Crippen LogP contribution in [0.1, 0.15) is 22.4 Å². The Morgan fingerprint density at radius 3 is 2.55 bits per heavy atom. The fourth-order valence-electron chi connectivity index (χ4n) is 5.55. The molecule has 1 amide bonds. The third-order valence-electron chi connectivity index (χ3n) is 7.63. The highest BCUT2D eigenvalue weighted by Gasteiger charge is 2.31. The van der Waals surface area contributed by atoms with Gasteiger partial charge in [-0.25, -0.2) is 4.79 Å². The van der Waals surface area contributed by atoms with Crippen molar-refractivity contribution in [2.24, 2.45) is 0 Å². The SMILES string of the molecule is Cc1cc(-c2nn(CC(O)CN3CCN(c4ccccc4C#N)CC3)c3c2CN(C(=O)C(=O)O)CC3)ccc1Cl. The molecule has 208 valence electrons. The molecule has 5 rings (SSSR count). The Balaban J connectivity index is 1.31. The van der Waals surface area contributed by atoms with Crippen LogP contribution in [0.2, 0.25) is 5.02 Å². The van der Waals surface area contributed by atoms with Gasteiger partial charge < -0.3 is 20.0 Å². The van der Waals surface area contributed by atoms with Crippen LogP contribution < -0.4 is 4.90 Å². The number of nitrogens with zero attached hydrogens (tertiary/aromatic N) is 6. The van der Waals surface area contributed by atoms with Gasteiger partial charge in [-0.2, -0.15) is 10.4 Å². The van der Waals surface area contributed by atoms with Crippen molar-refractivity contribution >= 4 is 29.2 Å². The number of aromatic nitrogens is 2. The van der Waals surface area contributed by atoms with E-state index in [1.165, 1.54) is 4.90 Å². The summed E-state index contributed by atoms with van der Waals surface area (Å²) in [4.78, 5) is 29.3. The van der Waals surface area contributed by atoms with E-state index in [4.69, 9.17) is 16.7 Å². The van der Waals surface area contributed by atoms with E-state index in [-0.39, 0.29) is 19.6 Å². The molecule has 10 nitrogen and oxygen atoms in total. The number of piperazine rings is 1. The Bertz CT molecular complexity index is 1470. The number of anilines is 1. The largest absolute Gasteiger partial charge is 0.474 e. The average molecular weight is 563 g/mol. The zero-order chi connectivity index (χ0) is 28.4. The third-order valence-corrected chi connectivity index (χ3v) is 8.05. The minimum absolute atomic E-state index is 0.139. The van der Waals surface area contributed by atoms with Crippen LogP contribution in [0.15, 0.2) is 42.5 Å². The molecule has 1 fully saturated rings. The molecule has 0 aliphatic carbocycles. The number of aliphatic carboxylic acids is 1. The summed E-state index contributed by atoms with van der Waals surface area (Å²) in [5, 5.41) is 35.2. The number of nitriles is 1. The summed E-state index contributed by atoms with van der Waals surface area (Å²) in [7, 11) is 0. The lowest BCUT2D eigenvalue weighted by molar-refractivity contribution is -0.156. The Morgan fingerprint density at radius 1 is 1.10 bits per heavy atom. The zero-order valence-corrected chi connectivity index (χ0v) is 23.0. The van der Waals surface area contributed by atoms with Gasteiger partial charge in [-0.3, -0.25) is 14.4 Å². The lowest BCUT2D eigenvalue weighted by Crippen LogP contribution is -2.49. The predicted molar refractivity (Wildman–Crippen MR) is 150 cm³/mol. The van der Waals surface area contributed by atoms with Crippen molar-refractivity contribution in [3.05, 3.63) is 69.9 Å². The highest BCUT2D eigenvalue weighted by Crippen LogP contribution is 2.32. The molecule has 1 atom stereocenters. The Hall–Kier alpha value is -3.91. The standard InChI is InChI=1S/C29H31ClN6O4/c1-19-14-20(6-7-24(19)30)27-23-18-35(28(38)29(39)40)9-8-26(23)36(32-27)17-22(37)16-33-10-12-34(13-11-33)25-5-3-2-4-21(25)15-31/h2-7,14,22,37H,8-13,16-18H2,1H3,(H,39,40). The average Bonchev–Trinajstić information content (AvgIpc) is 3.31. The number of fused-ring (bicyclic) bond motifs is 1. The molecule has 3 heterocycles. The number of β-amino-alcohol motifs (C(OH)–C–C–N with tert-alkyl or cyclic N) is 1. The van der Waals surface area contributed by atoms with Crippen LogP contribution in [0, 0.1) is 18.3 Å². The van der Waals surface area contributed by atoms with Crippen molar-refractivity contribution in [3.8, 4) is 17.3 Å². The maximum absolute atomic E-state index is 12.2. The van der Waals surface area contributed by atoms with Crippen LogP contribution >= 0.6 is 11.6 Å². The van der Waals surface area contributed by atoms with Crippen molar-refractivity contribution in [3.63, 3.8) is 0 Å².